The maximum absolute atomic E-state index is 5.92. The highest BCUT2D eigenvalue weighted by Gasteiger charge is 2.47. The predicted octanol–water partition coefficient (Wildman–Crippen LogP) is 2.37. The minimum atomic E-state index is 0.382. The van der Waals surface area contributed by atoms with Crippen LogP contribution in [-0.4, -0.2) is 18.5 Å². The lowest BCUT2D eigenvalue weighted by Gasteiger charge is -2.54. The molecule has 4 bridgehead atoms. The van der Waals surface area contributed by atoms with Crippen LogP contribution in [-0.2, 0) is 0 Å². The van der Waals surface area contributed by atoms with Crippen LogP contribution in [0.15, 0.2) is 4.99 Å². The molecule has 0 atom stereocenters. The third-order valence-electron chi connectivity index (χ3n) is 5.33. The maximum Gasteiger partial charge on any atom is 0.188 e. The summed E-state index contributed by atoms with van der Waals surface area (Å²) in [4.78, 5) is 4.59. The van der Waals surface area contributed by atoms with E-state index in [4.69, 9.17) is 5.73 Å². The number of hydrogen-bond acceptors (Lipinski definition) is 1. The number of aliphatic imine (C=N–C) groups is 1. The molecule has 3 nitrogen and oxygen atoms in total. The van der Waals surface area contributed by atoms with Crippen LogP contribution in [0.3, 0.4) is 0 Å². The van der Waals surface area contributed by atoms with Crippen molar-refractivity contribution < 1.29 is 0 Å². The van der Waals surface area contributed by atoms with Crippen molar-refractivity contribution in [1.29, 1.82) is 0 Å². The Kier molecular flexibility index (Phi) is 3.25. The number of hydrogen-bond donors (Lipinski definition) is 2. The molecule has 4 rings (SSSR count). The number of nitrogens with zero attached hydrogens (tertiary/aromatic N) is 1. The molecule has 4 fully saturated rings. The SMILES string of the molecule is CC(C)NC(N)=NCC1C2CC3CC(C2)CC1C3. The van der Waals surface area contributed by atoms with Crippen LogP contribution >= 0.6 is 0 Å². The quantitative estimate of drug-likeness (QED) is 0.596. The van der Waals surface area contributed by atoms with Gasteiger partial charge in [0.15, 0.2) is 5.96 Å². The fraction of sp³-hybridized carbons (Fsp3) is 0.933. The van der Waals surface area contributed by atoms with E-state index in [1.807, 2.05) is 0 Å². The largest absolute Gasteiger partial charge is 0.370 e. The lowest BCUT2D eigenvalue weighted by atomic mass is 9.52. The summed E-state index contributed by atoms with van der Waals surface area (Å²) in [6, 6.07) is 0.382. The smallest absolute Gasteiger partial charge is 0.188 e. The molecule has 0 amide bonds. The summed E-state index contributed by atoms with van der Waals surface area (Å²) < 4.78 is 0. The highest BCUT2D eigenvalue weighted by atomic mass is 15.1. The molecule has 0 aliphatic heterocycles. The van der Waals surface area contributed by atoms with Crippen LogP contribution in [0.1, 0.15) is 46.0 Å². The highest BCUT2D eigenvalue weighted by Crippen LogP contribution is 2.56. The van der Waals surface area contributed by atoms with Gasteiger partial charge in [-0.25, -0.2) is 0 Å². The van der Waals surface area contributed by atoms with Crippen molar-refractivity contribution in [1.82, 2.24) is 5.32 Å². The van der Waals surface area contributed by atoms with Crippen molar-refractivity contribution in [3.05, 3.63) is 0 Å². The van der Waals surface area contributed by atoms with Crippen molar-refractivity contribution in [2.75, 3.05) is 6.54 Å². The number of nitrogens with two attached hydrogens (primary N) is 1. The van der Waals surface area contributed by atoms with Gasteiger partial charge in [-0.15, -0.1) is 0 Å². The number of guanidine groups is 1. The van der Waals surface area contributed by atoms with Crippen LogP contribution in [0, 0.1) is 29.6 Å². The van der Waals surface area contributed by atoms with Crippen molar-refractivity contribution >= 4 is 5.96 Å². The second-order valence-corrected chi connectivity index (χ2v) is 7.12. The molecule has 3 heteroatoms. The van der Waals surface area contributed by atoms with E-state index in [0.717, 1.165) is 36.1 Å². The molecular formula is C15H27N3. The summed E-state index contributed by atoms with van der Waals surface area (Å²) in [7, 11) is 0. The van der Waals surface area contributed by atoms with E-state index in [1.54, 1.807) is 0 Å². The van der Waals surface area contributed by atoms with E-state index in [1.165, 1.54) is 32.1 Å². The van der Waals surface area contributed by atoms with E-state index in [-0.39, 0.29) is 0 Å². The van der Waals surface area contributed by atoms with Crippen molar-refractivity contribution in [2.45, 2.75) is 52.0 Å². The molecule has 4 saturated carbocycles. The van der Waals surface area contributed by atoms with E-state index in [2.05, 4.69) is 24.2 Å². The lowest BCUT2D eigenvalue weighted by molar-refractivity contribution is -0.0320. The molecule has 0 aromatic heterocycles. The Labute approximate surface area is 111 Å². The maximum atomic E-state index is 5.92. The monoisotopic (exact) mass is 249 g/mol. The van der Waals surface area contributed by atoms with Crippen LogP contribution in [0.25, 0.3) is 0 Å². The van der Waals surface area contributed by atoms with Gasteiger partial charge in [-0.05, 0) is 75.5 Å². The Balaban J connectivity index is 1.60. The van der Waals surface area contributed by atoms with Gasteiger partial charge in [0.1, 0.15) is 0 Å². The van der Waals surface area contributed by atoms with Gasteiger partial charge in [0.2, 0.25) is 0 Å². The normalized spacial score (nSPS) is 42.6. The molecule has 4 aliphatic rings. The topological polar surface area (TPSA) is 50.4 Å². The van der Waals surface area contributed by atoms with Crippen molar-refractivity contribution in [3.63, 3.8) is 0 Å². The Bertz CT molecular complexity index is 307. The van der Waals surface area contributed by atoms with Crippen molar-refractivity contribution in [3.8, 4) is 0 Å². The minimum Gasteiger partial charge on any atom is -0.370 e. The zero-order valence-electron chi connectivity index (χ0n) is 11.7. The molecule has 102 valence electrons. The van der Waals surface area contributed by atoms with Gasteiger partial charge >= 0.3 is 0 Å². The first-order valence-corrected chi connectivity index (χ1v) is 7.68. The van der Waals surface area contributed by atoms with Crippen LogP contribution in [0.2, 0.25) is 0 Å². The third-order valence-corrected chi connectivity index (χ3v) is 5.33. The molecule has 0 radical (unpaired) electrons. The zero-order valence-corrected chi connectivity index (χ0v) is 11.7. The van der Waals surface area contributed by atoms with Gasteiger partial charge in [0.25, 0.3) is 0 Å². The minimum absolute atomic E-state index is 0.382. The molecule has 0 saturated heterocycles. The summed E-state index contributed by atoms with van der Waals surface area (Å²) in [5.41, 5.74) is 5.92. The molecule has 0 aromatic rings. The van der Waals surface area contributed by atoms with E-state index < -0.39 is 0 Å². The fourth-order valence-electron chi connectivity index (χ4n) is 4.88. The molecular weight excluding hydrogens is 222 g/mol. The summed E-state index contributed by atoms with van der Waals surface area (Å²) in [6.45, 7) is 5.16. The first kappa shape index (κ1) is 12.3. The Morgan fingerprint density at radius 3 is 2.17 bits per heavy atom. The molecule has 0 aromatic carbocycles. The molecule has 0 unspecified atom stereocenters. The molecule has 3 N–H and O–H groups in total. The summed E-state index contributed by atoms with van der Waals surface area (Å²) in [5.74, 6) is 5.48. The molecule has 0 heterocycles. The first-order chi connectivity index (χ1) is 8.61. The van der Waals surface area contributed by atoms with E-state index >= 15 is 0 Å². The van der Waals surface area contributed by atoms with Gasteiger partial charge in [-0.2, -0.15) is 0 Å². The summed E-state index contributed by atoms with van der Waals surface area (Å²) in [6.07, 6.45) is 7.44. The van der Waals surface area contributed by atoms with Crippen LogP contribution in [0.4, 0.5) is 0 Å². The van der Waals surface area contributed by atoms with Gasteiger partial charge in [0.05, 0.1) is 0 Å². The second-order valence-electron chi connectivity index (χ2n) is 7.12. The van der Waals surface area contributed by atoms with E-state index in [0.29, 0.717) is 12.0 Å². The Morgan fingerprint density at radius 1 is 1.11 bits per heavy atom. The van der Waals surface area contributed by atoms with Gasteiger partial charge < -0.3 is 11.1 Å². The predicted molar refractivity (Wildman–Crippen MR) is 75.3 cm³/mol. The van der Waals surface area contributed by atoms with Crippen LogP contribution < -0.4 is 11.1 Å². The Morgan fingerprint density at radius 2 is 1.67 bits per heavy atom. The molecule has 4 aliphatic carbocycles. The van der Waals surface area contributed by atoms with Crippen molar-refractivity contribution in [2.24, 2.45) is 40.3 Å². The Hall–Kier alpha value is -0.730. The standard InChI is InChI=1S/C15H27N3/c1-9(2)18-15(16)17-8-14-12-4-10-3-11(6-12)7-13(14)5-10/h9-14H,3-8H2,1-2H3,(H3,16,17,18). The summed E-state index contributed by atoms with van der Waals surface area (Å²) >= 11 is 0. The zero-order chi connectivity index (χ0) is 12.7. The summed E-state index contributed by atoms with van der Waals surface area (Å²) in [5, 5.41) is 3.19. The number of nitrogens with one attached hydrogen (secondary N) is 1. The fourth-order valence-corrected chi connectivity index (χ4v) is 4.88. The molecule has 18 heavy (non-hydrogen) atoms. The lowest BCUT2D eigenvalue weighted by Crippen LogP contribution is -2.46. The van der Waals surface area contributed by atoms with Gasteiger partial charge in [-0.3, -0.25) is 4.99 Å². The molecule has 0 spiro atoms. The average Bonchev–Trinajstić information content (AvgIpc) is 2.25. The highest BCUT2D eigenvalue weighted by molar-refractivity contribution is 5.78. The van der Waals surface area contributed by atoms with Crippen LogP contribution in [0.5, 0.6) is 0 Å². The second kappa shape index (κ2) is 4.75. The van der Waals surface area contributed by atoms with Gasteiger partial charge in [0, 0.05) is 12.6 Å². The van der Waals surface area contributed by atoms with E-state index in [9.17, 15) is 0 Å². The van der Waals surface area contributed by atoms with Gasteiger partial charge in [-0.1, -0.05) is 0 Å². The average molecular weight is 249 g/mol. The number of rotatable bonds is 3. The third kappa shape index (κ3) is 2.36. The first-order valence-electron chi connectivity index (χ1n) is 7.68.